The molecule has 1 heterocycles. The fourth-order valence-corrected chi connectivity index (χ4v) is 3.64. The molecule has 6 heteroatoms. The van der Waals surface area contributed by atoms with Crippen molar-refractivity contribution in [3.05, 3.63) is 35.1 Å². The van der Waals surface area contributed by atoms with Gasteiger partial charge < -0.3 is 5.32 Å². The van der Waals surface area contributed by atoms with Crippen molar-refractivity contribution < 1.29 is 12.8 Å². The number of sulfone groups is 1. The van der Waals surface area contributed by atoms with Crippen LogP contribution < -0.4 is 5.32 Å². The molecule has 0 bridgehead atoms. The first-order valence-electron chi connectivity index (χ1n) is 6.13. The Balaban J connectivity index is 1.95. The Kier molecular flexibility index (Phi) is 4.17. The third-order valence-corrected chi connectivity index (χ3v) is 5.05. The van der Waals surface area contributed by atoms with E-state index >= 15 is 0 Å². The van der Waals surface area contributed by atoms with Gasteiger partial charge in [0, 0.05) is 18.2 Å². The molecule has 0 aliphatic carbocycles. The summed E-state index contributed by atoms with van der Waals surface area (Å²) in [5.41, 5.74) is 0.470. The number of nitrogens with one attached hydrogen (secondary N) is 1. The second-order valence-corrected chi connectivity index (χ2v) is 7.00. The lowest BCUT2D eigenvalue weighted by atomic mass is 10.1. The molecule has 1 aliphatic heterocycles. The molecular weight excluding hydrogens is 267 g/mol. The minimum atomic E-state index is -2.87. The summed E-state index contributed by atoms with van der Waals surface area (Å²) in [6, 6.07) is 6.60. The van der Waals surface area contributed by atoms with E-state index in [0.29, 0.717) is 24.9 Å². The second-order valence-electron chi connectivity index (χ2n) is 4.70. The minimum Gasteiger partial charge on any atom is -0.310 e. The van der Waals surface area contributed by atoms with Crippen molar-refractivity contribution in [2.45, 2.75) is 25.4 Å². The predicted molar refractivity (Wildman–Crippen MR) is 69.6 cm³/mol. The Morgan fingerprint density at radius 2 is 2.05 bits per heavy atom. The van der Waals surface area contributed by atoms with Gasteiger partial charge in [0.2, 0.25) is 0 Å². The van der Waals surface area contributed by atoms with Crippen LogP contribution in [0.4, 0.5) is 4.39 Å². The summed E-state index contributed by atoms with van der Waals surface area (Å²) in [6.07, 6.45) is 1.11. The molecule has 19 heavy (non-hydrogen) atoms. The van der Waals surface area contributed by atoms with Crippen LogP contribution in [0.2, 0.25) is 0 Å². The molecule has 2 rings (SSSR count). The van der Waals surface area contributed by atoms with Gasteiger partial charge in [-0.1, -0.05) is 12.1 Å². The molecule has 102 valence electrons. The number of halogens is 1. The number of rotatable bonds is 3. The first kappa shape index (κ1) is 14.0. The lowest BCUT2D eigenvalue weighted by Crippen LogP contribution is -2.37. The summed E-state index contributed by atoms with van der Waals surface area (Å²) < 4.78 is 36.4. The summed E-state index contributed by atoms with van der Waals surface area (Å²) in [5, 5.41) is 11.9. The van der Waals surface area contributed by atoms with E-state index < -0.39 is 15.7 Å². The zero-order valence-corrected chi connectivity index (χ0v) is 11.2. The van der Waals surface area contributed by atoms with E-state index in [1.807, 2.05) is 0 Å². The van der Waals surface area contributed by atoms with Gasteiger partial charge in [-0.3, -0.25) is 0 Å². The lowest BCUT2D eigenvalue weighted by molar-refractivity contribution is 0.456. The first-order chi connectivity index (χ1) is 9.02. The molecule has 4 nitrogen and oxygen atoms in total. The van der Waals surface area contributed by atoms with Gasteiger partial charge in [0.15, 0.2) is 0 Å². The van der Waals surface area contributed by atoms with Gasteiger partial charge in [-0.2, -0.15) is 5.26 Å². The number of nitrogens with zero attached hydrogens (tertiary/aromatic N) is 1. The summed E-state index contributed by atoms with van der Waals surface area (Å²) in [5.74, 6) is -0.127. The monoisotopic (exact) mass is 282 g/mol. The normalized spacial score (nSPS) is 18.9. The Morgan fingerprint density at radius 1 is 1.37 bits per heavy atom. The molecule has 0 aromatic heterocycles. The van der Waals surface area contributed by atoms with Crippen LogP contribution in [-0.4, -0.2) is 26.0 Å². The van der Waals surface area contributed by atoms with Crippen LogP contribution in [0.5, 0.6) is 0 Å². The maximum Gasteiger partial charge on any atom is 0.150 e. The third-order valence-electron chi connectivity index (χ3n) is 3.33. The van der Waals surface area contributed by atoms with Gasteiger partial charge in [-0.15, -0.1) is 0 Å². The van der Waals surface area contributed by atoms with Crippen LogP contribution in [-0.2, 0) is 16.4 Å². The predicted octanol–water partition coefficient (Wildman–Crippen LogP) is 1.36. The van der Waals surface area contributed by atoms with Crippen LogP contribution in [0.25, 0.3) is 0 Å². The zero-order chi connectivity index (χ0) is 13.9. The van der Waals surface area contributed by atoms with Gasteiger partial charge in [-0.05, 0) is 18.9 Å². The Morgan fingerprint density at radius 3 is 2.68 bits per heavy atom. The average Bonchev–Trinajstić information content (AvgIpc) is 2.39. The number of nitriles is 1. The minimum absolute atomic E-state index is 0.0329. The summed E-state index contributed by atoms with van der Waals surface area (Å²) in [6.45, 7) is 0.312. The molecule has 0 spiro atoms. The van der Waals surface area contributed by atoms with Crippen LogP contribution in [0.3, 0.4) is 0 Å². The molecule has 0 atom stereocenters. The van der Waals surface area contributed by atoms with E-state index in [9.17, 15) is 12.8 Å². The maximum absolute atomic E-state index is 13.8. The summed E-state index contributed by atoms with van der Waals surface area (Å²) in [7, 11) is -2.87. The van der Waals surface area contributed by atoms with Crippen LogP contribution >= 0.6 is 0 Å². The van der Waals surface area contributed by atoms with Crippen molar-refractivity contribution in [2.24, 2.45) is 0 Å². The van der Waals surface area contributed by atoms with Crippen LogP contribution in [0.15, 0.2) is 18.2 Å². The highest BCUT2D eigenvalue weighted by Crippen LogP contribution is 2.15. The molecule has 0 saturated carbocycles. The zero-order valence-electron chi connectivity index (χ0n) is 10.4. The van der Waals surface area contributed by atoms with Gasteiger partial charge >= 0.3 is 0 Å². The average molecular weight is 282 g/mol. The van der Waals surface area contributed by atoms with E-state index in [1.165, 1.54) is 6.07 Å². The Labute approximate surface area is 112 Å². The Hall–Kier alpha value is -1.45. The molecule has 0 radical (unpaired) electrons. The summed E-state index contributed by atoms with van der Waals surface area (Å²) in [4.78, 5) is 0. The van der Waals surface area contributed by atoms with E-state index in [4.69, 9.17) is 5.26 Å². The van der Waals surface area contributed by atoms with Crippen molar-refractivity contribution in [1.29, 1.82) is 5.26 Å². The van der Waals surface area contributed by atoms with E-state index in [1.54, 1.807) is 18.2 Å². The van der Waals surface area contributed by atoms with Crippen molar-refractivity contribution in [3.8, 4) is 6.07 Å². The van der Waals surface area contributed by atoms with Crippen molar-refractivity contribution in [1.82, 2.24) is 5.32 Å². The lowest BCUT2D eigenvalue weighted by Gasteiger charge is -2.23. The molecule has 1 saturated heterocycles. The molecule has 1 aliphatic rings. The van der Waals surface area contributed by atoms with Gasteiger partial charge in [0.25, 0.3) is 0 Å². The Bertz CT molecular complexity index is 594. The standard InChI is InChI=1S/C13H15FN2O2S/c14-13-10(8-15)2-1-3-11(13)9-16-12-4-6-19(17,18)7-5-12/h1-3,12,16H,4-7,9H2. The molecule has 1 aromatic carbocycles. The smallest absolute Gasteiger partial charge is 0.150 e. The maximum atomic E-state index is 13.8. The SMILES string of the molecule is N#Cc1cccc(CNC2CCS(=O)(=O)CC2)c1F. The highest BCUT2D eigenvalue weighted by Gasteiger charge is 2.23. The fourth-order valence-electron chi connectivity index (χ4n) is 2.15. The van der Waals surface area contributed by atoms with Crippen molar-refractivity contribution in [2.75, 3.05) is 11.5 Å². The van der Waals surface area contributed by atoms with Crippen LogP contribution in [0.1, 0.15) is 24.0 Å². The molecule has 1 fully saturated rings. The van der Waals surface area contributed by atoms with Gasteiger partial charge in [-0.25, -0.2) is 12.8 Å². The van der Waals surface area contributed by atoms with Crippen LogP contribution in [0, 0.1) is 17.1 Å². The van der Waals surface area contributed by atoms with Crippen molar-refractivity contribution in [3.63, 3.8) is 0 Å². The van der Waals surface area contributed by atoms with E-state index in [2.05, 4.69) is 5.32 Å². The van der Waals surface area contributed by atoms with E-state index in [-0.39, 0.29) is 23.1 Å². The quantitative estimate of drug-likeness (QED) is 0.909. The van der Waals surface area contributed by atoms with Crippen molar-refractivity contribution >= 4 is 9.84 Å². The van der Waals surface area contributed by atoms with E-state index in [0.717, 1.165) is 0 Å². The topological polar surface area (TPSA) is 70.0 Å². The number of benzene rings is 1. The largest absolute Gasteiger partial charge is 0.310 e. The molecular formula is C13H15FN2O2S. The highest BCUT2D eigenvalue weighted by atomic mass is 32.2. The summed E-state index contributed by atoms with van der Waals surface area (Å²) >= 11 is 0. The third kappa shape index (κ3) is 3.52. The molecule has 0 unspecified atom stereocenters. The van der Waals surface area contributed by atoms with Gasteiger partial charge in [0.1, 0.15) is 21.7 Å². The molecule has 1 aromatic rings. The second kappa shape index (κ2) is 5.68. The highest BCUT2D eigenvalue weighted by molar-refractivity contribution is 7.91. The van der Waals surface area contributed by atoms with Gasteiger partial charge in [0.05, 0.1) is 17.1 Å². The molecule has 0 amide bonds. The first-order valence-corrected chi connectivity index (χ1v) is 7.95. The molecule has 1 N–H and O–H groups in total. The number of hydrogen-bond donors (Lipinski definition) is 1. The number of hydrogen-bond acceptors (Lipinski definition) is 4. The fraction of sp³-hybridized carbons (Fsp3) is 0.462.